The Kier molecular flexibility index (Phi) is 2.66. The maximum Gasteiger partial charge on any atom is 0.170 e. The van der Waals surface area contributed by atoms with Crippen molar-refractivity contribution in [2.45, 2.75) is 6.92 Å². The van der Waals surface area contributed by atoms with Crippen molar-refractivity contribution in [3.8, 4) is 11.1 Å². The number of thiophene rings is 1. The Morgan fingerprint density at radius 2 is 1.94 bits per heavy atom. The van der Waals surface area contributed by atoms with Crippen molar-refractivity contribution in [3.63, 3.8) is 0 Å². The van der Waals surface area contributed by atoms with Gasteiger partial charge >= 0.3 is 0 Å². The molecule has 82 valence electrons. The molecule has 2 rings (SSSR count). The number of ketones is 1. The summed E-state index contributed by atoms with van der Waals surface area (Å²) in [6.45, 7) is 1.57. The number of nitrogen functional groups attached to an aromatic ring is 2. The number of hydrogen-bond acceptors (Lipinski definition) is 4. The molecule has 4 N–H and O–H groups in total. The summed E-state index contributed by atoms with van der Waals surface area (Å²) in [5.41, 5.74) is 14.3. The van der Waals surface area contributed by atoms with E-state index in [2.05, 4.69) is 0 Å². The second-order valence-electron chi connectivity index (χ2n) is 3.56. The molecule has 0 atom stereocenters. The largest absolute Gasteiger partial charge is 0.397 e. The lowest BCUT2D eigenvalue weighted by Crippen LogP contribution is -1.95. The van der Waals surface area contributed by atoms with Crippen LogP contribution in [0.25, 0.3) is 11.1 Å². The van der Waals surface area contributed by atoms with Crippen molar-refractivity contribution in [2.24, 2.45) is 0 Å². The Balaban J connectivity index is 2.54. The van der Waals surface area contributed by atoms with Gasteiger partial charge in [-0.25, -0.2) is 0 Å². The molecule has 0 bridgehead atoms. The SMILES string of the molecule is CC(=O)c1sccc1-c1ccc(N)c(N)c1. The van der Waals surface area contributed by atoms with Crippen LogP contribution < -0.4 is 11.5 Å². The Morgan fingerprint density at radius 3 is 2.56 bits per heavy atom. The summed E-state index contributed by atoms with van der Waals surface area (Å²) in [7, 11) is 0. The van der Waals surface area contributed by atoms with E-state index in [1.54, 1.807) is 19.1 Å². The topological polar surface area (TPSA) is 69.1 Å². The molecule has 0 saturated carbocycles. The highest BCUT2D eigenvalue weighted by Crippen LogP contribution is 2.31. The summed E-state index contributed by atoms with van der Waals surface area (Å²) in [6.07, 6.45) is 0. The summed E-state index contributed by atoms with van der Waals surface area (Å²) in [5, 5.41) is 1.90. The molecule has 0 aliphatic carbocycles. The second kappa shape index (κ2) is 3.98. The monoisotopic (exact) mass is 232 g/mol. The summed E-state index contributed by atoms with van der Waals surface area (Å²) < 4.78 is 0. The molecule has 0 aliphatic heterocycles. The number of benzene rings is 1. The number of rotatable bonds is 2. The third-order valence-corrected chi connectivity index (χ3v) is 3.40. The number of nitrogens with two attached hydrogens (primary N) is 2. The average molecular weight is 232 g/mol. The quantitative estimate of drug-likeness (QED) is 0.618. The molecule has 3 nitrogen and oxygen atoms in total. The highest BCUT2D eigenvalue weighted by molar-refractivity contribution is 7.12. The van der Waals surface area contributed by atoms with Crippen molar-refractivity contribution >= 4 is 28.5 Å². The third-order valence-electron chi connectivity index (χ3n) is 2.38. The predicted molar refractivity (Wildman–Crippen MR) is 68.6 cm³/mol. The van der Waals surface area contributed by atoms with E-state index in [1.165, 1.54) is 11.3 Å². The zero-order valence-electron chi connectivity index (χ0n) is 8.86. The first-order chi connectivity index (χ1) is 7.59. The standard InChI is InChI=1S/C12H12N2OS/c1-7(15)12-9(4-5-16-12)8-2-3-10(13)11(14)6-8/h2-6H,13-14H2,1H3. The second-order valence-corrected chi connectivity index (χ2v) is 4.48. The Morgan fingerprint density at radius 1 is 1.19 bits per heavy atom. The first-order valence-corrected chi connectivity index (χ1v) is 5.71. The van der Waals surface area contributed by atoms with Crippen molar-refractivity contribution in [2.75, 3.05) is 11.5 Å². The lowest BCUT2D eigenvalue weighted by Gasteiger charge is -2.05. The minimum Gasteiger partial charge on any atom is -0.397 e. The number of carbonyl (C=O) groups excluding carboxylic acids is 1. The summed E-state index contributed by atoms with van der Waals surface area (Å²) in [6, 6.07) is 7.35. The van der Waals surface area contributed by atoms with Crippen LogP contribution in [0.15, 0.2) is 29.6 Å². The van der Waals surface area contributed by atoms with E-state index in [-0.39, 0.29) is 5.78 Å². The maximum absolute atomic E-state index is 11.4. The molecule has 0 saturated heterocycles. The van der Waals surface area contributed by atoms with E-state index in [9.17, 15) is 4.79 Å². The molecule has 0 amide bonds. The summed E-state index contributed by atoms with van der Waals surface area (Å²) in [4.78, 5) is 12.2. The average Bonchev–Trinajstić information content (AvgIpc) is 2.71. The molecule has 0 fully saturated rings. The molecule has 1 aromatic carbocycles. The molecule has 1 heterocycles. The number of Topliss-reactive ketones (excluding diaryl/α,β-unsaturated/α-hetero) is 1. The van der Waals surface area contributed by atoms with Gasteiger partial charge < -0.3 is 11.5 Å². The molecular formula is C12H12N2OS. The molecule has 4 heteroatoms. The van der Waals surface area contributed by atoms with E-state index >= 15 is 0 Å². The molecule has 2 aromatic rings. The molecule has 16 heavy (non-hydrogen) atoms. The van der Waals surface area contributed by atoms with Crippen LogP contribution in [-0.4, -0.2) is 5.78 Å². The van der Waals surface area contributed by atoms with Gasteiger partial charge in [0, 0.05) is 5.56 Å². The first-order valence-electron chi connectivity index (χ1n) is 4.83. The van der Waals surface area contributed by atoms with Gasteiger partial charge in [0.05, 0.1) is 16.3 Å². The van der Waals surface area contributed by atoms with Gasteiger partial charge in [0.15, 0.2) is 5.78 Å². The van der Waals surface area contributed by atoms with Gasteiger partial charge in [-0.3, -0.25) is 4.79 Å². The van der Waals surface area contributed by atoms with E-state index in [0.29, 0.717) is 11.4 Å². The normalized spacial score (nSPS) is 10.3. The fourth-order valence-electron chi connectivity index (χ4n) is 1.55. The lowest BCUT2D eigenvalue weighted by atomic mass is 10.0. The molecule has 1 aromatic heterocycles. The fraction of sp³-hybridized carbons (Fsp3) is 0.0833. The third kappa shape index (κ3) is 1.79. The summed E-state index contributed by atoms with van der Waals surface area (Å²) in [5.74, 6) is 0.0698. The van der Waals surface area contributed by atoms with E-state index in [4.69, 9.17) is 11.5 Å². The zero-order valence-corrected chi connectivity index (χ0v) is 9.67. The smallest absolute Gasteiger partial charge is 0.170 e. The molecule has 0 radical (unpaired) electrons. The maximum atomic E-state index is 11.4. The van der Waals surface area contributed by atoms with Crippen LogP contribution in [0, 0.1) is 0 Å². The van der Waals surface area contributed by atoms with Gasteiger partial charge in [0.2, 0.25) is 0 Å². The van der Waals surface area contributed by atoms with Crippen LogP contribution in [0.4, 0.5) is 11.4 Å². The molecule has 0 aliphatic rings. The van der Waals surface area contributed by atoms with Gasteiger partial charge in [0.1, 0.15) is 0 Å². The van der Waals surface area contributed by atoms with Crippen LogP contribution in [0.2, 0.25) is 0 Å². The minimum absolute atomic E-state index is 0.0698. The van der Waals surface area contributed by atoms with E-state index in [1.807, 2.05) is 17.5 Å². The summed E-state index contributed by atoms with van der Waals surface area (Å²) >= 11 is 1.44. The van der Waals surface area contributed by atoms with E-state index < -0.39 is 0 Å². The van der Waals surface area contributed by atoms with Gasteiger partial charge in [-0.1, -0.05) is 6.07 Å². The molecule has 0 unspecified atom stereocenters. The molecular weight excluding hydrogens is 220 g/mol. The Labute approximate surface area is 97.7 Å². The zero-order chi connectivity index (χ0) is 11.7. The number of anilines is 2. The van der Waals surface area contributed by atoms with Gasteiger partial charge in [-0.15, -0.1) is 11.3 Å². The lowest BCUT2D eigenvalue weighted by molar-refractivity contribution is 0.102. The van der Waals surface area contributed by atoms with Crippen molar-refractivity contribution in [3.05, 3.63) is 34.5 Å². The van der Waals surface area contributed by atoms with Gasteiger partial charge in [0.25, 0.3) is 0 Å². The minimum atomic E-state index is 0.0698. The fourth-order valence-corrected chi connectivity index (χ4v) is 2.37. The van der Waals surface area contributed by atoms with Gasteiger partial charge in [-0.05, 0) is 36.1 Å². The van der Waals surface area contributed by atoms with Crippen molar-refractivity contribution in [1.29, 1.82) is 0 Å². The Hall–Kier alpha value is -1.81. The highest BCUT2D eigenvalue weighted by atomic mass is 32.1. The predicted octanol–water partition coefficient (Wildman–Crippen LogP) is 2.78. The van der Waals surface area contributed by atoms with Crippen LogP contribution in [0.5, 0.6) is 0 Å². The van der Waals surface area contributed by atoms with Crippen LogP contribution in [-0.2, 0) is 0 Å². The molecule has 0 spiro atoms. The Bertz CT molecular complexity index is 546. The number of hydrogen-bond donors (Lipinski definition) is 2. The number of carbonyl (C=O) groups is 1. The first kappa shape index (κ1) is 10.7. The van der Waals surface area contributed by atoms with Gasteiger partial charge in [-0.2, -0.15) is 0 Å². The van der Waals surface area contributed by atoms with E-state index in [0.717, 1.165) is 16.0 Å². The van der Waals surface area contributed by atoms with Crippen LogP contribution in [0.1, 0.15) is 16.6 Å². The highest BCUT2D eigenvalue weighted by Gasteiger charge is 2.11. The van der Waals surface area contributed by atoms with Crippen molar-refractivity contribution in [1.82, 2.24) is 0 Å². The van der Waals surface area contributed by atoms with Crippen LogP contribution in [0.3, 0.4) is 0 Å². The van der Waals surface area contributed by atoms with Crippen LogP contribution >= 0.6 is 11.3 Å². The van der Waals surface area contributed by atoms with Crippen molar-refractivity contribution < 1.29 is 4.79 Å².